The van der Waals surface area contributed by atoms with Crippen LogP contribution in [0.15, 0.2) is 60.9 Å². The zero-order chi connectivity index (χ0) is 61.7. The lowest BCUT2D eigenvalue weighted by atomic mass is 9.39. The third-order valence-electron chi connectivity index (χ3n) is 24.7. The Morgan fingerprint density at radius 3 is 1.83 bits per heavy atom. The molecular formula is C66H96N6O15. The number of nitrogens with zero attached hydrogens (tertiary/aromatic N) is 6. The van der Waals surface area contributed by atoms with Gasteiger partial charge in [-0.1, -0.05) is 31.2 Å². The van der Waals surface area contributed by atoms with E-state index in [2.05, 4.69) is 34.5 Å². The molecule has 21 heteroatoms. The van der Waals surface area contributed by atoms with E-state index < -0.39 is 81.2 Å². The molecule has 20 atom stereocenters. The van der Waals surface area contributed by atoms with E-state index in [0.717, 1.165) is 79.0 Å². The molecule has 0 radical (unpaired) electrons. The maximum atomic E-state index is 12.8. The van der Waals surface area contributed by atoms with Crippen molar-refractivity contribution < 1.29 is 73.6 Å². The van der Waals surface area contributed by atoms with E-state index in [0.29, 0.717) is 44.9 Å². The Hall–Kier alpha value is -4.20. The molecule has 1 aliphatic heterocycles. The average molecular weight is 1210 g/mol. The second-order valence-electron chi connectivity index (χ2n) is 29.0. The molecule has 4 unspecified atom stereocenters. The number of hydrogen-bond donors (Lipinski definition) is 7. The van der Waals surface area contributed by atoms with E-state index >= 15 is 0 Å². The molecule has 2 aromatic carbocycles. The maximum absolute atomic E-state index is 12.8. The smallest absolute Gasteiger partial charge is 0.163 e. The lowest BCUT2D eigenvalue weighted by Gasteiger charge is -2.71. The highest BCUT2D eigenvalue weighted by Gasteiger charge is 2.78. The molecule has 8 aliphatic carbocycles. The topological polar surface area (TPSA) is 277 Å². The molecule has 0 bridgehead atoms. The Balaban J connectivity index is 0.000000173. The monoisotopic (exact) mass is 1210 g/mol. The summed E-state index contributed by atoms with van der Waals surface area (Å²) in [4.78, 5) is 0. The van der Waals surface area contributed by atoms with Gasteiger partial charge in [-0.15, -0.1) is 10.2 Å². The normalized spacial score (nSPS) is 43.3. The summed E-state index contributed by atoms with van der Waals surface area (Å²) in [5.41, 5.74) is -3.55. The summed E-state index contributed by atoms with van der Waals surface area (Å²) in [6.07, 6.45) is 8.60. The Labute approximate surface area is 511 Å². The zero-order valence-electron chi connectivity index (χ0n) is 52.4. The van der Waals surface area contributed by atoms with Gasteiger partial charge >= 0.3 is 0 Å². The van der Waals surface area contributed by atoms with Gasteiger partial charge in [-0.25, -0.2) is 0 Å². The Morgan fingerprint density at radius 2 is 1.23 bits per heavy atom. The SMILES string of the molecule is COCO[C@@H]1C[C@]2(C)[C@@H](Cn3cc(-c4ccc(OC)cc4)nn3)CC[C@]2(OCOC)C2CC[C@]3(O)C[C@@H](C)C[C@H]4OC(C)(C)OC[C@]43C21.COc1ccc(-c2cn(C[C@H]3CC[C@]4(O)C5CC[C@]6(O)C[C@@H](O)C[C@@H](O)[C@]6(CO)C5[C@H](O)C[C@]34C)nn2)cc1. The molecule has 2 aromatic heterocycles. The van der Waals surface area contributed by atoms with Crippen LogP contribution in [0.1, 0.15) is 125 Å². The third-order valence-corrected chi connectivity index (χ3v) is 24.7. The number of rotatable bonds is 15. The van der Waals surface area contributed by atoms with E-state index in [1.165, 1.54) is 0 Å². The molecule has 1 saturated heterocycles. The van der Waals surface area contributed by atoms with E-state index in [9.17, 15) is 35.7 Å². The molecule has 7 N–H and O–H groups in total. The van der Waals surface area contributed by atoms with Crippen LogP contribution >= 0.6 is 0 Å². The van der Waals surface area contributed by atoms with Crippen LogP contribution in [0, 0.1) is 63.1 Å². The lowest BCUT2D eigenvalue weighted by molar-refractivity contribution is -0.405. The molecule has 480 valence electrons. The number of aliphatic hydroxyl groups is 7. The summed E-state index contributed by atoms with van der Waals surface area (Å²) in [5, 5.41) is 98.7. The number of aromatic nitrogens is 6. The van der Waals surface area contributed by atoms with Gasteiger partial charge in [0.2, 0.25) is 0 Å². The molecule has 8 saturated carbocycles. The lowest BCUT2D eigenvalue weighted by Crippen LogP contribution is -2.78. The zero-order valence-corrected chi connectivity index (χ0v) is 52.4. The second-order valence-corrected chi connectivity index (χ2v) is 29.0. The number of hydrogen-bond acceptors (Lipinski definition) is 19. The summed E-state index contributed by atoms with van der Waals surface area (Å²) < 4.78 is 52.7. The standard InChI is InChI=1S/C37H55N3O8.C29H41N3O7/c1-24-16-31-36(21-46-33(2,3)48-31)32-28(13-14-35(36,41)17-24)37(47-23-43-6)15-12-26(34(37,4)18-30(32)45-22-42-5)19-40-20-29(38-39-40)25-8-10-27(44-7)11-9-25;1-26-13-23(35)25-21(8-9-27(37)12-19(34)11-24(36)28(25,27)16-33)29(26,38)10-7-18(26)14-32-15-22(30-31-32)17-3-5-20(39-2)6-4-17/h8-11,20,24,26,28,30-32,41H,12-19,21-23H2,1-7H3;3-6,15,18-19,21,23-25,33-38H,7-14,16H2,1-2H3/t24-,26+,28?,30+,31+,32?,34+,35-,36+,37-;18-,19+,21?,23-,24-,25?,26-,27+,28-,29+/m01/s1. The van der Waals surface area contributed by atoms with Gasteiger partial charge < -0.3 is 73.6 Å². The quantitative estimate of drug-likeness (QED) is 0.0620. The summed E-state index contributed by atoms with van der Waals surface area (Å²) in [5.74, 6) is 0.393. The summed E-state index contributed by atoms with van der Waals surface area (Å²) >= 11 is 0. The highest BCUT2D eigenvalue weighted by molar-refractivity contribution is 5.59. The molecule has 13 rings (SSSR count). The first kappa shape index (κ1) is 63.0. The van der Waals surface area contributed by atoms with Crippen molar-refractivity contribution >= 4 is 0 Å². The van der Waals surface area contributed by atoms with Gasteiger partial charge in [0.25, 0.3) is 0 Å². The molecule has 87 heavy (non-hydrogen) atoms. The number of benzene rings is 2. The molecule has 9 aliphatic rings. The van der Waals surface area contributed by atoms with Crippen LogP contribution in [0.25, 0.3) is 22.5 Å². The van der Waals surface area contributed by atoms with E-state index in [1.54, 1.807) is 33.1 Å². The molecule has 3 heterocycles. The first-order chi connectivity index (χ1) is 41.4. The number of aliphatic hydroxyl groups excluding tert-OH is 4. The Kier molecular flexibility index (Phi) is 16.8. The predicted molar refractivity (Wildman–Crippen MR) is 317 cm³/mol. The fourth-order valence-corrected chi connectivity index (χ4v) is 20.6. The number of methoxy groups -OCH3 is 4. The van der Waals surface area contributed by atoms with Crippen LogP contribution in [0.5, 0.6) is 11.5 Å². The van der Waals surface area contributed by atoms with Crippen LogP contribution < -0.4 is 9.47 Å². The average Bonchev–Trinajstić information content (AvgIpc) is 1.68. The van der Waals surface area contributed by atoms with Crippen molar-refractivity contribution in [3.8, 4) is 34.0 Å². The maximum Gasteiger partial charge on any atom is 0.163 e. The minimum absolute atomic E-state index is 0.0208. The number of ether oxygens (including phenoxy) is 8. The van der Waals surface area contributed by atoms with Crippen LogP contribution in [0.3, 0.4) is 0 Å². The molecular weight excluding hydrogens is 1120 g/mol. The van der Waals surface area contributed by atoms with E-state index in [-0.39, 0.29) is 80.6 Å². The van der Waals surface area contributed by atoms with Gasteiger partial charge in [-0.3, -0.25) is 9.36 Å². The summed E-state index contributed by atoms with van der Waals surface area (Å²) in [6.45, 7) is 12.2. The molecule has 4 aromatic rings. The second kappa shape index (κ2) is 23.2. The summed E-state index contributed by atoms with van der Waals surface area (Å²) in [6, 6.07) is 15.5. The van der Waals surface area contributed by atoms with Gasteiger partial charge in [0, 0.05) is 73.9 Å². The van der Waals surface area contributed by atoms with Gasteiger partial charge in [0.1, 0.15) is 36.5 Å². The van der Waals surface area contributed by atoms with Crippen molar-refractivity contribution in [2.75, 3.05) is 55.2 Å². The number of fused-ring (bicyclic) bond motifs is 8. The van der Waals surface area contributed by atoms with Crippen LogP contribution in [0.4, 0.5) is 0 Å². The molecule has 9 fully saturated rings. The first-order valence-electron chi connectivity index (χ1n) is 31.9. The fourth-order valence-electron chi connectivity index (χ4n) is 20.6. The van der Waals surface area contributed by atoms with Crippen molar-refractivity contribution in [3.63, 3.8) is 0 Å². The van der Waals surface area contributed by atoms with Crippen molar-refractivity contribution in [2.24, 2.45) is 63.1 Å². The molecule has 1 spiro atoms. The predicted octanol–water partition coefficient (Wildman–Crippen LogP) is 6.56. The van der Waals surface area contributed by atoms with Crippen molar-refractivity contribution in [3.05, 3.63) is 60.9 Å². The minimum Gasteiger partial charge on any atom is -0.497 e. The molecule has 21 nitrogen and oxygen atoms in total. The van der Waals surface area contributed by atoms with Crippen molar-refractivity contribution in [1.82, 2.24) is 30.0 Å². The largest absolute Gasteiger partial charge is 0.497 e. The van der Waals surface area contributed by atoms with Gasteiger partial charge in [-0.2, -0.15) is 0 Å². The Morgan fingerprint density at radius 1 is 0.644 bits per heavy atom. The van der Waals surface area contributed by atoms with Crippen LogP contribution in [0.2, 0.25) is 0 Å². The molecule has 0 amide bonds. The van der Waals surface area contributed by atoms with Gasteiger partial charge in [0.05, 0.1) is 104 Å². The van der Waals surface area contributed by atoms with E-state index in [4.69, 9.17) is 37.9 Å². The van der Waals surface area contributed by atoms with Gasteiger partial charge in [0.15, 0.2) is 5.79 Å². The fraction of sp³-hybridized carbons (Fsp3) is 0.758. The Bertz CT molecular complexity index is 3040. The third kappa shape index (κ3) is 9.86. The van der Waals surface area contributed by atoms with Crippen LogP contribution in [-0.4, -0.2) is 180 Å². The minimum atomic E-state index is -1.51. The van der Waals surface area contributed by atoms with Crippen LogP contribution in [-0.2, 0) is 41.5 Å². The van der Waals surface area contributed by atoms with E-state index in [1.807, 2.05) is 86.4 Å². The highest BCUT2D eigenvalue weighted by Crippen LogP contribution is 2.74. The first-order valence-corrected chi connectivity index (χ1v) is 31.9. The van der Waals surface area contributed by atoms with Gasteiger partial charge in [-0.05, 0) is 169 Å². The summed E-state index contributed by atoms with van der Waals surface area (Å²) in [7, 11) is 6.66. The van der Waals surface area contributed by atoms with Crippen molar-refractivity contribution in [1.29, 1.82) is 0 Å². The highest BCUT2D eigenvalue weighted by atomic mass is 16.7. The van der Waals surface area contributed by atoms with Crippen molar-refractivity contribution in [2.45, 2.75) is 196 Å².